The molecular formula is C13H15N5S2. The van der Waals surface area contributed by atoms with E-state index in [4.69, 9.17) is 0 Å². The van der Waals surface area contributed by atoms with Crippen LogP contribution in [0.15, 0.2) is 34.0 Å². The SMILES string of the molecule is CCCNc1nc(Sc2nccn2C)c2ccsc2n1. The Hall–Kier alpha value is -1.60. The van der Waals surface area contributed by atoms with Crippen molar-refractivity contribution in [3.63, 3.8) is 0 Å². The summed E-state index contributed by atoms with van der Waals surface area (Å²) in [6.07, 6.45) is 4.78. The highest BCUT2D eigenvalue weighted by Gasteiger charge is 2.12. The van der Waals surface area contributed by atoms with Gasteiger partial charge in [-0.05, 0) is 29.6 Å². The normalized spacial score (nSPS) is 11.1. The van der Waals surface area contributed by atoms with Gasteiger partial charge in [0.2, 0.25) is 5.95 Å². The molecule has 0 radical (unpaired) electrons. The Morgan fingerprint density at radius 3 is 3.05 bits per heavy atom. The molecule has 5 nitrogen and oxygen atoms in total. The average molecular weight is 305 g/mol. The maximum absolute atomic E-state index is 4.62. The molecule has 3 rings (SSSR count). The van der Waals surface area contributed by atoms with Crippen LogP contribution in [0.25, 0.3) is 10.2 Å². The molecule has 3 heterocycles. The molecule has 0 amide bonds. The number of hydrogen-bond acceptors (Lipinski definition) is 6. The van der Waals surface area contributed by atoms with Gasteiger partial charge in [0.05, 0.1) is 0 Å². The molecule has 20 heavy (non-hydrogen) atoms. The molecule has 3 aromatic heterocycles. The fraction of sp³-hybridized carbons (Fsp3) is 0.308. The van der Waals surface area contributed by atoms with Crippen LogP contribution in [0, 0.1) is 0 Å². The van der Waals surface area contributed by atoms with Crippen molar-refractivity contribution in [2.45, 2.75) is 23.5 Å². The van der Waals surface area contributed by atoms with Gasteiger partial charge in [-0.2, -0.15) is 0 Å². The quantitative estimate of drug-likeness (QED) is 0.732. The molecule has 0 fully saturated rings. The number of anilines is 1. The molecule has 0 bridgehead atoms. The summed E-state index contributed by atoms with van der Waals surface area (Å²) in [5.41, 5.74) is 0. The van der Waals surface area contributed by atoms with E-state index in [0.717, 1.165) is 33.4 Å². The average Bonchev–Trinajstić information content (AvgIpc) is 3.06. The van der Waals surface area contributed by atoms with Crippen LogP contribution in [0.5, 0.6) is 0 Å². The molecule has 104 valence electrons. The molecule has 0 aliphatic carbocycles. The highest BCUT2D eigenvalue weighted by Crippen LogP contribution is 2.33. The Labute approximate surface area is 125 Å². The van der Waals surface area contributed by atoms with E-state index in [1.54, 1.807) is 29.3 Å². The van der Waals surface area contributed by atoms with Crippen LogP contribution in [-0.2, 0) is 7.05 Å². The molecule has 1 N–H and O–H groups in total. The second-order valence-corrected chi connectivity index (χ2v) is 6.19. The standard InChI is InChI=1S/C13H15N5S2/c1-3-5-14-12-16-10-9(4-8-19-10)11(17-12)20-13-15-6-7-18(13)2/h4,6-8H,3,5H2,1-2H3,(H,14,16,17). The van der Waals surface area contributed by atoms with E-state index in [-0.39, 0.29) is 0 Å². The second kappa shape index (κ2) is 5.80. The summed E-state index contributed by atoms with van der Waals surface area (Å²) in [7, 11) is 1.98. The van der Waals surface area contributed by atoms with E-state index < -0.39 is 0 Å². The van der Waals surface area contributed by atoms with Gasteiger partial charge in [-0.3, -0.25) is 0 Å². The summed E-state index contributed by atoms with van der Waals surface area (Å²) < 4.78 is 1.99. The number of hydrogen-bond donors (Lipinski definition) is 1. The molecular weight excluding hydrogens is 290 g/mol. The Kier molecular flexibility index (Phi) is 3.88. The fourth-order valence-electron chi connectivity index (χ4n) is 1.76. The Morgan fingerprint density at radius 2 is 2.30 bits per heavy atom. The van der Waals surface area contributed by atoms with Crippen molar-refractivity contribution in [2.75, 3.05) is 11.9 Å². The number of imidazole rings is 1. The van der Waals surface area contributed by atoms with Crippen LogP contribution in [0.3, 0.4) is 0 Å². The second-order valence-electron chi connectivity index (χ2n) is 4.34. The van der Waals surface area contributed by atoms with Crippen LogP contribution in [0.4, 0.5) is 5.95 Å². The van der Waals surface area contributed by atoms with Gasteiger partial charge in [0.1, 0.15) is 9.86 Å². The van der Waals surface area contributed by atoms with Gasteiger partial charge < -0.3 is 9.88 Å². The van der Waals surface area contributed by atoms with Crippen LogP contribution in [0.2, 0.25) is 0 Å². The summed E-state index contributed by atoms with van der Waals surface area (Å²) in [6.45, 7) is 3.00. The predicted molar refractivity (Wildman–Crippen MR) is 83.5 cm³/mol. The van der Waals surface area contributed by atoms with E-state index in [9.17, 15) is 0 Å². The molecule has 7 heteroatoms. The van der Waals surface area contributed by atoms with Crippen molar-refractivity contribution in [3.8, 4) is 0 Å². The van der Waals surface area contributed by atoms with Crippen molar-refractivity contribution in [1.82, 2.24) is 19.5 Å². The van der Waals surface area contributed by atoms with Gasteiger partial charge in [-0.25, -0.2) is 15.0 Å². The minimum atomic E-state index is 0.693. The minimum Gasteiger partial charge on any atom is -0.354 e. The summed E-state index contributed by atoms with van der Waals surface area (Å²) in [5.74, 6) is 0.693. The van der Waals surface area contributed by atoms with E-state index >= 15 is 0 Å². The van der Waals surface area contributed by atoms with E-state index in [1.165, 1.54) is 0 Å². The zero-order valence-electron chi connectivity index (χ0n) is 11.3. The monoisotopic (exact) mass is 305 g/mol. The number of nitrogens with zero attached hydrogens (tertiary/aromatic N) is 4. The number of rotatable bonds is 5. The van der Waals surface area contributed by atoms with Gasteiger partial charge in [0, 0.05) is 31.4 Å². The first-order valence-corrected chi connectivity index (χ1v) is 8.12. The molecule has 3 aromatic rings. The molecule has 0 unspecified atom stereocenters. The Bertz CT molecular complexity index is 718. The lowest BCUT2D eigenvalue weighted by Crippen LogP contribution is -2.04. The van der Waals surface area contributed by atoms with Crippen molar-refractivity contribution in [2.24, 2.45) is 7.05 Å². The lowest BCUT2D eigenvalue weighted by atomic mass is 10.4. The number of aryl methyl sites for hydroxylation is 1. The topological polar surface area (TPSA) is 55.6 Å². The summed E-state index contributed by atoms with van der Waals surface area (Å²) in [4.78, 5) is 14.5. The zero-order valence-corrected chi connectivity index (χ0v) is 13.0. The summed E-state index contributed by atoms with van der Waals surface area (Å²) >= 11 is 3.20. The molecule has 0 aliphatic heterocycles. The number of thiophene rings is 1. The van der Waals surface area contributed by atoms with Crippen molar-refractivity contribution in [3.05, 3.63) is 23.8 Å². The lowest BCUT2D eigenvalue weighted by Gasteiger charge is -2.07. The van der Waals surface area contributed by atoms with Gasteiger partial charge in [-0.1, -0.05) is 6.92 Å². The molecule has 0 saturated heterocycles. The Balaban J connectivity index is 1.99. The Morgan fingerprint density at radius 1 is 1.40 bits per heavy atom. The molecule has 0 aromatic carbocycles. The fourth-order valence-corrected chi connectivity index (χ4v) is 3.49. The first kappa shape index (κ1) is 13.4. The van der Waals surface area contributed by atoms with Gasteiger partial charge >= 0.3 is 0 Å². The summed E-state index contributed by atoms with van der Waals surface area (Å²) in [5, 5.41) is 8.27. The first-order chi connectivity index (χ1) is 9.78. The molecule has 0 spiro atoms. The predicted octanol–water partition coefficient (Wildman–Crippen LogP) is 3.40. The highest BCUT2D eigenvalue weighted by atomic mass is 32.2. The largest absolute Gasteiger partial charge is 0.354 e. The maximum Gasteiger partial charge on any atom is 0.225 e. The molecule has 0 atom stereocenters. The number of nitrogens with one attached hydrogen (secondary N) is 1. The van der Waals surface area contributed by atoms with Crippen molar-refractivity contribution < 1.29 is 0 Å². The first-order valence-electron chi connectivity index (χ1n) is 6.42. The van der Waals surface area contributed by atoms with Crippen LogP contribution in [0.1, 0.15) is 13.3 Å². The van der Waals surface area contributed by atoms with Crippen LogP contribution >= 0.6 is 23.1 Å². The van der Waals surface area contributed by atoms with Crippen LogP contribution in [-0.4, -0.2) is 26.1 Å². The van der Waals surface area contributed by atoms with Crippen LogP contribution < -0.4 is 5.32 Å². The van der Waals surface area contributed by atoms with E-state index in [2.05, 4.69) is 33.3 Å². The third-order valence-corrected chi connectivity index (χ3v) is 4.68. The van der Waals surface area contributed by atoms with E-state index in [0.29, 0.717) is 5.95 Å². The maximum atomic E-state index is 4.62. The van der Waals surface area contributed by atoms with Crippen molar-refractivity contribution >= 4 is 39.3 Å². The van der Waals surface area contributed by atoms with E-state index in [1.807, 2.05) is 23.2 Å². The smallest absolute Gasteiger partial charge is 0.225 e. The molecule has 0 aliphatic rings. The van der Waals surface area contributed by atoms with Gasteiger partial charge in [0.15, 0.2) is 5.16 Å². The number of fused-ring (bicyclic) bond motifs is 1. The van der Waals surface area contributed by atoms with Gasteiger partial charge in [0.25, 0.3) is 0 Å². The third kappa shape index (κ3) is 2.64. The van der Waals surface area contributed by atoms with Gasteiger partial charge in [-0.15, -0.1) is 11.3 Å². The third-order valence-electron chi connectivity index (χ3n) is 2.79. The highest BCUT2D eigenvalue weighted by molar-refractivity contribution is 7.99. The zero-order chi connectivity index (χ0) is 13.9. The minimum absolute atomic E-state index is 0.693. The number of aromatic nitrogens is 4. The van der Waals surface area contributed by atoms with Crippen molar-refractivity contribution in [1.29, 1.82) is 0 Å². The lowest BCUT2D eigenvalue weighted by molar-refractivity contribution is 0.789. The summed E-state index contributed by atoms with van der Waals surface area (Å²) in [6, 6.07) is 2.06. The molecule has 0 saturated carbocycles.